The van der Waals surface area contributed by atoms with Crippen LogP contribution in [-0.4, -0.2) is 19.2 Å². The van der Waals surface area contributed by atoms with Crippen LogP contribution in [-0.2, 0) is 0 Å². The van der Waals surface area contributed by atoms with Crippen molar-refractivity contribution in [1.82, 2.24) is 5.32 Å². The van der Waals surface area contributed by atoms with Gasteiger partial charge >= 0.3 is 0 Å². The van der Waals surface area contributed by atoms with Crippen LogP contribution in [0.1, 0.15) is 25.0 Å². The summed E-state index contributed by atoms with van der Waals surface area (Å²) >= 11 is 6.10. The highest BCUT2D eigenvalue weighted by Crippen LogP contribution is 2.26. The van der Waals surface area contributed by atoms with Gasteiger partial charge in [-0.05, 0) is 58.0 Å². The van der Waals surface area contributed by atoms with Gasteiger partial charge in [0, 0.05) is 10.6 Å². The molecule has 0 heterocycles. The number of ether oxygens (including phenoxy) is 1. The van der Waals surface area contributed by atoms with Gasteiger partial charge in [-0.2, -0.15) is 0 Å². The first kappa shape index (κ1) is 13.3. The number of halogens is 1. The molecule has 1 aromatic rings. The Hall–Kier alpha value is -0.730. The number of aryl methyl sites for hydroxylation is 2. The fraction of sp³-hybridized carbons (Fsp3) is 0.538. The molecule has 1 rings (SSSR count). The van der Waals surface area contributed by atoms with Crippen LogP contribution in [0.5, 0.6) is 5.75 Å². The minimum atomic E-state index is -0.0263. The first-order valence-corrected chi connectivity index (χ1v) is 5.82. The third-order valence-corrected chi connectivity index (χ3v) is 3.28. The molecule has 0 bridgehead atoms. The molecule has 0 aliphatic rings. The number of likely N-dealkylation sites (N-methyl/N-ethyl adjacent to an activating group) is 1. The summed E-state index contributed by atoms with van der Waals surface area (Å²) in [5.41, 5.74) is 2.08. The molecular weight excluding hydrogens is 222 g/mol. The van der Waals surface area contributed by atoms with E-state index in [-0.39, 0.29) is 5.54 Å². The summed E-state index contributed by atoms with van der Waals surface area (Å²) in [6.07, 6.45) is 0. The van der Waals surface area contributed by atoms with E-state index in [0.29, 0.717) is 6.61 Å². The second-order valence-corrected chi connectivity index (χ2v) is 5.17. The van der Waals surface area contributed by atoms with Crippen molar-refractivity contribution in [2.24, 2.45) is 0 Å². The van der Waals surface area contributed by atoms with Crippen molar-refractivity contribution < 1.29 is 4.74 Å². The fourth-order valence-corrected chi connectivity index (χ4v) is 1.43. The van der Waals surface area contributed by atoms with E-state index in [1.165, 1.54) is 0 Å². The highest BCUT2D eigenvalue weighted by molar-refractivity contribution is 6.32. The monoisotopic (exact) mass is 241 g/mol. The fourth-order valence-electron chi connectivity index (χ4n) is 1.33. The van der Waals surface area contributed by atoms with Crippen LogP contribution in [0.3, 0.4) is 0 Å². The van der Waals surface area contributed by atoms with Gasteiger partial charge in [-0.15, -0.1) is 0 Å². The Kier molecular flexibility index (Phi) is 4.22. The summed E-state index contributed by atoms with van der Waals surface area (Å²) in [6, 6.07) is 3.95. The zero-order chi connectivity index (χ0) is 12.3. The molecule has 1 N–H and O–H groups in total. The van der Waals surface area contributed by atoms with Crippen LogP contribution in [0.25, 0.3) is 0 Å². The van der Waals surface area contributed by atoms with E-state index in [1.54, 1.807) is 0 Å². The van der Waals surface area contributed by atoms with Crippen molar-refractivity contribution in [2.45, 2.75) is 33.2 Å². The molecule has 1 aromatic carbocycles. The van der Waals surface area contributed by atoms with Gasteiger partial charge in [0.05, 0.1) is 0 Å². The molecule has 0 unspecified atom stereocenters. The van der Waals surface area contributed by atoms with Gasteiger partial charge < -0.3 is 10.1 Å². The van der Waals surface area contributed by atoms with Crippen LogP contribution in [0, 0.1) is 13.8 Å². The average Bonchev–Trinajstić information content (AvgIpc) is 2.23. The maximum atomic E-state index is 6.10. The van der Waals surface area contributed by atoms with E-state index in [9.17, 15) is 0 Å². The summed E-state index contributed by atoms with van der Waals surface area (Å²) in [5.74, 6) is 0.878. The first-order valence-electron chi connectivity index (χ1n) is 5.44. The Labute approximate surface area is 103 Å². The summed E-state index contributed by atoms with van der Waals surface area (Å²) in [4.78, 5) is 0. The van der Waals surface area contributed by atoms with Crippen LogP contribution in [0.2, 0.25) is 5.02 Å². The van der Waals surface area contributed by atoms with Crippen molar-refractivity contribution in [1.29, 1.82) is 0 Å². The lowest BCUT2D eigenvalue weighted by atomic mass is 10.1. The SMILES string of the molecule is CNC(C)(C)COc1cc(C)c(Cl)c(C)c1. The van der Waals surface area contributed by atoms with Crippen molar-refractivity contribution in [3.05, 3.63) is 28.3 Å². The lowest BCUT2D eigenvalue weighted by Crippen LogP contribution is -2.42. The molecule has 0 radical (unpaired) electrons. The Morgan fingerprint density at radius 2 is 1.75 bits per heavy atom. The quantitative estimate of drug-likeness (QED) is 0.873. The number of hydrogen-bond donors (Lipinski definition) is 1. The molecule has 0 fully saturated rings. The van der Waals surface area contributed by atoms with Crippen molar-refractivity contribution >= 4 is 11.6 Å². The lowest BCUT2D eigenvalue weighted by Gasteiger charge is -2.24. The highest BCUT2D eigenvalue weighted by atomic mass is 35.5. The molecule has 0 atom stereocenters. The Morgan fingerprint density at radius 1 is 1.25 bits per heavy atom. The van der Waals surface area contributed by atoms with Gasteiger partial charge in [0.15, 0.2) is 0 Å². The van der Waals surface area contributed by atoms with Gasteiger partial charge in [0.1, 0.15) is 12.4 Å². The van der Waals surface area contributed by atoms with E-state index in [2.05, 4.69) is 19.2 Å². The van der Waals surface area contributed by atoms with Gasteiger partial charge in [0.25, 0.3) is 0 Å². The number of nitrogens with one attached hydrogen (secondary N) is 1. The lowest BCUT2D eigenvalue weighted by molar-refractivity contribution is 0.217. The molecule has 90 valence electrons. The average molecular weight is 242 g/mol. The first-order chi connectivity index (χ1) is 7.35. The van der Waals surface area contributed by atoms with E-state index < -0.39 is 0 Å². The second-order valence-electron chi connectivity index (χ2n) is 4.79. The van der Waals surface area contributed by atoms with Crippen molar-refractivity contribution in [3.63, 3.8) is 0 Å². The number of benzene rings is 1. The summed E-state index contributed by atoms with van der Waals surface area (Å²) in [7, 11) is 1.93. The largest absolute Gasteiger partial charge is 0.492 e. The molecule has 0 aliphatic heterocycles. The van der Waals surface area contributed by atoms with Crippen molar-refractivity contribution in [3.8, 4) is 5.75 Å². The molecule has 2 nitrogen and oxygen atoms in total. The summed E-state index contributed by atoms with van der Waals surface area (Å²) in [6.45, 7) is 8.81. The number of rotatable bonds is 4. The zero-order valence-electron chi connectivity index (χ0n) is 10.6. The predicted octanol–water partition coefficient (Wildman–Crippen LogP) is 3.33. The minimum Gasteiger partial charge on any atom is -0.492 e. The van der Waals surface area contributed by atoms with Crippen LogP contribution in [0.4, 0.5) is 0 Å². The molecule has 0 aliphatic carbocycles. The number of hydrogen-bond acceptors (Lipinski definition) is 2. The molecule has 0 saturated carbocycles. The summed E-state index contributed by atoms with van der Waals surface area (Å²) < 4.78 is 5.76. The molecule has 3 heteroatoms. The summed E-state index contributed by atoms with van der Waals surface area (Å²) in [5, 5.41) is 4.02. The maximum absolute atomic E-state index is 6.10. The smallest absolute Gasteiger partial charge is 0.120 e. The van der Waals surface area contributed by atoms with Crippen molar-refractivity contribution in [2.75, 3.05) is 13.7 Å². The van der Waals surface area contributed by atoms with E-state index in [1.807, 2.05) is 33.0 Å². The molecule has 0 aromatic heterocycles. The van der Waals surface area contributed by atoms with Gasteiger partial charge in [-0.25, -0.2) is 0 Å². The van der Waals surface area contributed by atoms with Gasteiger partial charge in [0.2, 0.25) is 0 Å². The molecule has 0 amide bonds. The molecule has 16 heavy (non-hydrogen) atoms. The highest BCUT2D eigenvalue weighted by Gasteiger charge is 2.15. The Bertz CT molecular complexity index is 351. The third-order valence-electron chi connectivity index (χ3n) is 2.69. The molecule has 0 saturated heterocycles. The Balaban J connectivity index is 2.76. The van der Waals surface area contributed by atoms with E-state index in [4.69, 9.17) is 16.3 Å². The second kappa shape index (κ2) is 5.07. The topological polar surface area (TPSA) is 21.3 Å². The Morgan fingerprint density at radius 3 is 2.19 bits per heavy atom. The predicted molar refractivity (Wildman–Crippen MR) is 69.6 cm³/mol. The van der Waals surface area contributed by atoms with E-state index >= 15 is 0 Å². The molecular formula is C13H20ClNO. The standard InChI is InChI=1S/C13H20ClNO/c1-9-6-11(7-10(2)12(9)14)16-8-13(3,4)15-5/h6-7,15H,8H2,1-5H3. The normalized spacial score (nSPS) is 11.6. The van der Waals surface area contributed by atoms with Crippen LogP contribution < -0.4 is 10.1 Å². The molecule has 0 spiro atoms. The minimum absolute atomic E-state index is 0.0263. The van der Waals surface area contributed by atoms with Crippen LogP contribution >= 0.6 is 11.6 Å². The maximum Gasteiger partial charge on any atom is 0.120 e. The van der Waals surface area contributed by atoms with Crippen LogP contribution in [0.15, 0.2) is 12.1 Å². The van der Waals surface area contributed by atoms with Gasteiger partial charge in [-0.3, -0.25) is 0 Å². The van der Waals surface area contributed by atoms with Gasteiger partial charge in [-0.1, -0.05) is 11.6 Å². The third kappa shape index (κ3) is 3.39. The zero-order valence-corrected chi connectivity index (χ0v) is 11.4. The van der Waals surface area contributed by atoms with E-state index in [0.717, 1.165) is 21.9 Å².